The highest BCUT2D eigenvalue weighted by Crippen LogP contribution is 2.31. The largest absolute Gasteiger partial charge is 0.494 e. The molecule has 0 unspecified atom stereocenters. The van der Waals surface area contributed by atoms with E-state index in [0.717, 1.165) is 18.6 Å². The molecule has 2 amide bonds. The molecule has 1 saturated heterocycles. The number of nitrogens with zero attached hydrogens (tertiary/aromatic N) is 2. The number of unbranched alkanes of at least 4 members (excludes halogenated alkanes) is 3. The molecule has 0 aromatic heterocycles. The maximum Gasteiger partial charge on any atom is 0.337 e. The number of anilines is 2. The summed E-state index contributed by atoms with van der Waals surface area (Å²) in [6, 6.07) is 13.8. The Morgan fingerprint density at radius 1 is 1.06 bits per heavy atom. The molecule has 0 aliphatic carbocycles. The van der Waals surface area contributed by atoms with Crippen molar-refractivity contribution in [2.75, 3.05) is 30.5 Å². The molecule has 36 heavy (non-hydrogen) atoms. The van der Waals surface area contributed by atoms with E-state index in [2.05, 4.69) is 17.2 Å². The smallest absolute Gasteiger partial charge is 0.337 e. The molecule has 1 heterocycles. The van der Waals surface area contributed by atoms with Crippen LogP contribution in [0.4, 0.5) is 11.4 Å². The molecule has 1 atom stereocenters. The van der Waals surface area contributed by atoms with Crippen molar-refractivity contribution in [3.63, 3.8) is 0 Å². The van der Waals surface area contributed by atoms with Crippen molar-refractivity contribution in [1.29, 1.82) is 0 Å². The van der Waals surface area contributed by atoms with Gasteiger partial charge in [0.2, 0.25) is 11.8 Å². The van der Waals surface area contributed by atoms with Gasteiger partial charge in [-0.25, -0.2) is 9.69 Å². The first-order chi connectivity index (χ1) is 17.5. The molecule has 0 spiro atoms. The van der Waals surface area contributed by atoms with Crippen LogP contribution in [-0.2, 0) is 14.3 Å². The van der Waals surface area contributed by atoms with Gasteiger partial charge in [0.05, 0.1) is 25.0 Å². The second kappa shape index (κ2) is 13.7. The Kier molecular flexibility index (Phi) is 10.4. The van der Waals surface area contributed by atoms with Crippen LogP contribution in [-0.4, -0.2) is 48.5 Å². The fourth-order valence-electron chi connectivity index (χ4n) is 3.69. The van der Waals surface area contributed by atoms with E-state index in [1.54, 1.807) is 48.5 Å². The zero-order chi connectivity index (χ0) is 25.9. The molecule has 1 aliphatic rings. The second-order valence-corrected chi connectivity index (χ2v) is 9.45. The van der Waals surface area contributed by atoms with Crippen LogP contribution in [0, 0.1) is 0 Å². The Hall–Kier alpha value is -3.33. The first-order valence-electron chi connectivity index (χ1n) is 12.2. The maximum atomic E-state index is 13.1. The van der Waals surface area contributed by atoms with Crippen molar-refractivity contribution < 1.29 is 23.9 Å². The van der Waals surface area contributed by atoms with Crippen molar-refractivity contribution in [2.24, 2.45) is 4.99 Å². The summed E-state index contributed by atoms with van der Waals surface area (Å²) in [5.74, 6) is -0.214. The summed E-state index contributed by atoms with van der Waals surface area (Å²) in [7, 11) is 1.33. The standard InChI is InChI=1S/C27H33N3O5S/c1-4-6-7-8-17-35-22-15-13-21(14-16-22)30-24(31)18-23(25(30)32)36-27(28-5-2)29-20-11-9-19(10-12-20)26(33)34-3/h9-16,23H,4-8,17-18H2,1-3H3,(H,28,29)/t23-/m0/s1. The number of esters is 1. The highest BCUT2D eigenvalue weighted by atomic mass is 32.2. The summed E-state index contributed by atoms with van der Waals surface area (Å²) in [6.45, 7) is 5.22. The van der Waals surface area contributed by atoms with E-state index in [4.69, 9.17) is 9.47 Å². The topological polar surface area (TPSA) is 97.3 Å². The third-order valence-corrected chi connectivity index (χ3v) is 6.69. The molecule has 0 radical (unpaired) electrons. The van der Waals surface area contributed by atoms with Gasteiger partial charge in [0.15, 0.2) is 5.17 Å². The van der Waals surface area contributed by atoms with E-state index in [0.29, 0.717) is 35.3 Å². The molecule has 1 aliphatic heterocycles. The van der Waals surface area contributed by atoms with E-state index in [9.17, 15) is 14.4 Å². The molecule has 0 bridgehead atoms. The van der Waals surface area contributed by atoms with Crippen LogP contribution in [0.5, 0.6) is 5.75 Å². The van der Waals surface area contributed by atoms with Crippen LogP contribution in [0.3, 0.4) is 0 Å². The Labute approximate surface area is 216 Å². The highest BCUT2D eigenvalue weighted by Gasteiger charge is 2.40. The van der Waals surface area contributed by atoms with Crippen molar-refractivity contribution >= 4 is 46.1 Å². The second-order valence-electron chi connectivity index (χ2n) is 8.25. The predicted octanol–water partition coefficient (Wildman–Crippen LogP) is 5.29. The monoisotopic (exact) mass is 511 g/mol. The van der Waals surface area contributed by atoms with Crippen LogP contribution >= 0.6 is 11.8 Å². The van der Waals surface area contributed by atoms with E-state index in [1.165, 1.54) is 36.6 Å². The lowest BCUT2D eigenvalue weighted by Gasteiger charge is -2.16. The number of benzene rings is 2. The average Bonchev–Trinajstić information content (AvgIpc) is 3.16. The van der Waals surface area contributed by atoms with Gasteiger partial charge >= 0.3 is 5.97 Å². The summed E-state index contributed by atoms with van der Waals surface area (Å²) in [4.78, 5) is 43.2. The maximum absolute atomic E-state index is 13.1. The minimum absolute atomic E-state index is 0.0882. The van der Waals surface area contributed by atoms with Gasteiger partial charge in [-0.05, 0) is 61.9 Å². The van der Waals surface area contributed by atoms with Crippen molar-refractivity contribution in [3.05, 3.63) is 54.1 Å². The molecule has 192 valence electrons. The van der Waals surface area contributed by atoms with Gasteiger partial charge in [0.1, 0.15) is 11.0 Å². The lowest BCUT2D eigenvalue weighted by Crippen LogP contribution is -2.31. The van der Waals surface area contributed by atoms with E-state index < -0.39 is 11.2 Å². The number of thioether (sulfide) groups is 1. The van der Waals surface area contributed by atoms with Gasteiger partial charge in [-0.2, -0.15) is 0 Å². The molecular formula is C27H33N3O5S. The molecule has 1 N–H and O–H groups in total. The molecule has 3 rings (SSSR count). The zero-order valence-corrected chi connectivity index (χ0v) is 21.8. The molecule has 8 nitrogen and oxygen atoms in total. The summed E-state index contributed by atoms with van der Waals surface area (Å²) in [5, 5.41) is 3.13. The Bertz CT molecular complexity index is 1070. The van der Waals surface area contributed by atoms with Crippen molar-refractivity contribution in [3.8, 4) is 5.75 Å². The number of hydrogen-bond acceptors (Lipinski definition) is 7. The van der Waals surface area contributed by atoms with Crippen LogP contribution in [0.25, 0.3) is 0 Å². The molecule has 9 heteroatoms. The van der Waals surface area contributed by atoms with Gasteiger partial charge in [-0.3, -0.25) is 14.6 Å². The SMILES string of the molecule is CCCCCCOc1ccc(N2C(=O)C[C@H](SC(=NCC)Nc3ccc(C(=O)OC)cc3)C2=O)cc1. The fraction of sp³-hybridized carbons (Fsp3) is 0.407. The van der Waals surface area contributed by atoms with Gasteiger partial charge in [0.25, 0.3) is 0 Å². The minimum Gasteiger partial charge on any atom is -0.494 e. The minimum atomic E-state index is -0.584. The summed E-state index contributed by atoms with van der Waals surface area (Å²) in [6.07, 6.45) is 4.61. The van der Waals surface area contributed by atoms with Gasteiger partial charge in [-0.15, -0.1) is 0 Å². The highest BCUT2D eigenvalue weighted by molar-refractivity contribution is 8.15. The number of ether oxygens (including phenoxy) is 2. The third kappa shape index (κ3) is 7.34. The predicted molar refractivity (Wildman–Crippen MR) is 144 cm³/mol. The average molecular weight is 512 g/mol. The number of amides is 2. The van der Waals surface area contributed by atoms with Crippen LogP contribution in [0.2, 0.25) is 0 Å². The lowest BCUT2D eigenvalue weighted by molar-refractivity contribution is -0.121. The van der Waals surface area contributed by atoms with Gasteiger partial charge in [0, 0.05) is 18.7 Å². The zero-order valence-electron chi connectivity index (χ0n) is 21.0. The number of methoxy groups -OCH3 is 1. The van der Waals surface area contributed by atoms with Crippen molar-refractivity contribution in [2.45, 2.75) is 51.2 Å². The molecule has 1 fully saturated rings. The Balaban J connectivity index is 1.61. The molecule has 2 aromatic rings. The van der Waals surface area contributed by atoms with Gasteiger partial charge < -0.3 is 14.8 Å². The van der Waals surface area contributed by atoms with Gasteiger partial charge in [-0.1, -0.05) is 37.9 Å². The van der Waals surface area contributed by atoms with Crippen LogP contribution in [0.15, 0.2) is 53.5 Å². The summed E-state index contributed by atoms with van der Waals surface area (Å²) < 4.78 is 10.5. The fourth-order valence-corrected chi connectivity index (χ4v) is 4.78. The first-order valence-corrected chi connectivity index (χ1v) is 13.1. The lowest BCUT2D eigenvalue weighted by atomic mass is 10.2. The van der Waals surface area contributed by atoms with Crippen molar-refractivity contribution in [1.82, 2.24) is 0 Å². The van der Waals surface area contributed by atoms with Crippen LogP contribution in [0.1, 0.15) is 56.3 Å². The van der Waals surface area contributed by atoms with E-state index >= 15 is 0 Å². The number of rotatable bonds is 11. The van der Waals surface area contributed by atoms with E-state index in [-0.39, 0.29) is 18.2 Å². The number of aliphatic imine (C=N–C) groups is 1. The number of carbonyl (C=O) groups excluding carboxylic acids is 3. The molecular weight excluding hydrogens is 478 g/mol. The number of imide groups is 1. The first kappa shape index (κ1) is 27.3. The normalized spacial score (nSPS) is 15.8. The quantitative estimate of drug-likeness (QED) is 0.144. The number of nitrogens with one attached hydrogen (secondary N) is 1. The third-order valence-electron chi connectivity index (χ3n) is 5.58. The number of amidine groups is 1. The number of hydrogen-bond donors (Lipinski definition) is 1. The Morgan fingerprint density at radius 3 is 2.42 bits per heavy atom. The number of carbonyl (C=O) groups is 3. The summed E-state index contributed by atoms with van der Waals surface area (Å²) >= 11 is 1.23. The van der Waals surface area contributed by atoms with E-state index in [1.807, 2.05) is 6.92 Å². The molecule has 2 aromatic carbocycles. The Morgan fingerprint density at radius 2 is 1.78 bits per heavy atom. The van der Waals surface area contributed by atoms with Crippen LogP contribution < -0.4 is 15.0 Å². The molecule has 0 saturated carbocycles. The summed E-state index contributed by atoms with van der Waals surface area (Å²) in [5.41, 5.74) is 1.68.